The molecule has 0 unspecified atom stereocenters. The van der Waals surface area contributed by atoms with Gasteiger partial charge in [-0.2, -0.15) is 0 Å². The maximum atomic E-state index is 13.6. The molecule has 2 aromatic rings. The Kier molecular flexibility index (Phi) is 5.62. The molecule has 0 radical (unpaired) electrons. The number of piperazine rings is 1. The minimum atomic E-state index is -0.621. The summed E-state index contributed by atoms with van der Waals surface area (Å²) in [5.74, 6) is -1.58. The van der Waals surface area contributed by atoms with E-state index in [1.165, 1.54) is 17.0 Å². The molecule has 7 nitrogen and oxygen atoms in total. The fourth-order valence-corrected chi connectivity index (χ4v) is 4.02. The van der Waals surface area contributed by atoms with Gasteiger partial charge in [-0.3, -0.25) is 9.59 Å². The molecule has 168 valence electrons. The first-order chi connectivity index (χ1) is 15.1. The molecule has 0 spiro atoms. The number of hydrogen-bond acceptors (Lipinski definition) is 5. The molecule has 0 N–H and O–H groups in total. The molecule has 2 amide bonds. The predicted molar refractivity (Wildman–Crippen MR) is 118 cm³/mol. The summed E-state index contributed by atoms with van der Waals surface area (Å²) in [4.78, 5) is 43.0. The molecule has 32 heavy (non-hydrogen) atoms. The summed E-state index contributed by atoms with van der Waals surface area (Å²) in [6.07, 6.45) is -0.358. The van der Waals surface area contributed by atoms with Gasteiger partial charge in [0.1, 0.15) is 11.4 Å². The van der Waals surface area contributed by atoms with Crippen molar-refractivity contribution in [2.45, 2.75) is 32.9 Å². The standard InChI is InChI=1S/C24H26FN3O4/c1-24(2,3)32-23(31)27-12-10-26(11-13-27)18-8-5-9-19-20(18)21(29)22(30)28(19)15-16-6-4-7-17(25)14-16/h4-9,14H,10-13,15H2,1-3H3. The maximum absolute atomic E-state index is 13.6. The summed E-state index contributed by atoms with van der Waals surface area (Å²) >= 11 is 0. The highest BCUT2D eigenvalue weighted by molar-refractivity contribution is 6.53. The van der Waals surface area contributed by atoms with E-state index in [1.807, 2.05) is 31.7 Å². The number of carbonyl (C=O) groups excluding carboxylic acids is 3. The van der Waals surface area contributed by atoms with Crippen LogP contribution in [0.2, 0.25) is 0 Å². The van der Waals surface area contributed by atoms with Crippen molar-refractivity contribution in [1.82, 2.24) is 4.90 Å². The largest absolute Gasteiger partial charge is 0.444 e. The summed E-state index contributed by atoms with van der Waals surface area (Å²) in [7, 11) is 0. The Morgan fingerprint density at radius 1 is 1.00 bits per heavy atom. The molecule has 1 saturated heterocycles. The number of ether oxygens (including phenoxy) is 1. The van der Waals surface area contributed by atoms with E-state index < -0.39 is 23.1 Å². The van der Waals surface area contributed by atoms with Gasteiger partial charge in [0.15, 0.2) is 0 Å². The van der Waals surface area contributed by atoms with Crippen molar-refractivity contribution in [2.75, 3.05) is 36.0 Å². The third kappa shape index (κ3) is 4.30. The molecule has 1 fully saturated rings. The summed E-state index contributed by atoms with van der Waals surface area (Å²) in [5.41, 5.74) is 1.60. The molecule has 0 atom stereocenters. The van der Waals surface area contributed by atoms with Gasteiger partial charge in [-0.1, -0.05) is 18.2 Å². The number of nitrogens with zero attached hydrogens (tertiary/aromatic N) is 3. The van der Waals surface area contributed by atoms with E-state index in [4.69, 9.17) is 4.74 Å². The van der Waals surface area contributed by atoms with Crippen LogP contribution in [0.25, 0.3) is 0 Å². The molecular weight excluding hydrogens is 413 g/mol. The van der Waals surface area contributed by atoms with Crippen molar-refractivity contribution in [1.29, 1.82) is 0 Å². The van der Waals surface area contributed by atoms with E-state index in [0.717, 1.165) is 0 Å². The van der Waals surface area contributed by atoms with Crippen LogP contribution in [0.15, 0.2) is 42.5 Å². The van der Waals surface area contributed by atoms with Crippen LogP contribution in [0.3, 0.4) is 0 Å². The predicted octanol–water partition coefficient (Wildman–Crippen LogP) is 3.61. The minimum absolute atomic E-state index is 0.116. The molecule has 2 aliphatic heterocycles. The number of carbonyl (C=O) groups is 3. The Bertz CT molecular complexity index is 1070. The highest BCUT2D eigenvalue weighted by atomic mass is 19.1. The monoisotopic (exact) mass is 439 g/mol. The molecule has 4 rings (SSSR count). The first-order valence-electron chi connectivity index (χ1n) is 10.6. The van der Waals surface area contributed by atoms with Crippen LogP contribution in [0.4, 0.5) is 20.6 Å². The van der Waals surface area contributed by atoms with Gasteiger partial charge < -0.3 is 19.4 Å². The number of Topliss-reactive ketones (excluding diaryl/α,β-unsaturated/α-hetero) is 1. The number of anilines is 2. The summed E-state index contributed by atoms with van der Waals surface area (Å²) in [6.45, 7) is 7.53. The van der Waals surface area contributed by atoms with Crippen LogP contribution < -0.4 is 9.80 Å². The fraction of sp³-hybridized carbons (Fsp3) is 0.375. The van der Waals surface area contributed by atoms with Gasteiger partial charge in [-0.05, 0) is 50.6 Å². The summed E-state index contributed by atoms with van der Waals surface area (Å²) in [6, 6.07) is 11.3. The second kappa shape index (κ2) is 8.26. The van der Waals surface area contributed by atoms with E-state index in [0.29, 0.717) is 48.7 Å². The van der Waals surface area contributed by atoms with Crippen LogP contribution in [-0.2, 0) is 16.1 Å². The Morgan fingerprint density at radius 3 is 2.31 bits per heavy atom. The smallest absolute Gasteiger partial charge is 0.410 e. The molecule has 0 bridgehead atoms. The van der Waals surface area contributed by atoms with Gasteiger partial charge in [0.05, 0.1) is 23.5 Å². The van der Waals surface area contributed by atoms with Crippen LogP contribution >= 0.6 is 0 Å². The molecule has 0 aromatic heterocycles. The lowest BCUT2D eigenvalue weighted by Gasteiger charge is -2.37. The van der Waals surface area contributed by atoms with Gasteiger partial charge in [0.25, 0.3) is 11.7 Å². The molecule has 0 aliphatic carbocycles. The highest BCUT2D eigenvalue weighted by Crippen LogP contribution is 2.37. The molecule has 8 heteroatoms. The average Bonchev–Trinajstić information content (AvgIpc) is 2.98. The zero-order chi connectivity index (χ0) is 23.0. The van der Waals surface area contributed by atoms with E-state index >= 15 is 0 Å². The zero-order valence-electron chi connectivity index (χ0n) is 18.4. The number of fused-ring (bicyclic) bond motifs is 1. The van der Waals surface area contributed by atoms with Gasteiger partial charge in [0.2, 0.25) is 0 Å². The number of halogens is 1. The van der Waals surface area contributed by atoms with Crippen molar-refractivity contribution in [2.24, 2.45) is 0 Å². The number of rotatable bonds is 3. The van der Waals surface area contributed by atoms with Crippen molar-refractivity contribution in [3.05, 3.63) is 59.4 Å². The van der Waals surface area contributed by atoms with E-state index in [9.17, 15) is 18.8 Å². The third-order valence-electron chi connectivity index (χ3n) is 5.48. The van der Waals surface area contributed by atoms with Crippen molar-refractivity contribution in [3.8, 4) is 0 Å². The van der Waals surface area contributed by atoms with Crippen LogP contribution in [-0.4, -0.2) is 54.5 Å². The number of ketones is 1. The lowest BCUT2D eigenvalue weighted by atomic mass is 10.1. The van der Waals surface area contributed by atoms with Gasteiger partial charge in [0, 0.05) is 26.2 Å². The normalized spacial score (nSPS) is 16.4. The van der Waals surface area contributed by atoms with Crippen LogP contribution in [0.1, 0.15) is 36.7 Å². The Balaban J connectivity index is 1.53. The highest BCUT2D eigenvalue weighted by Gasteiger charge is 2.39. The Labute approximate surface area is 186 Å². The lowest BCUT2D eigenvalue weighted by Crippen LogP contribution is -2.50. The van der Waals surface area contributed by atoms with Crippen LogP contribution in [0, 0.1) is 5.82 Å². The zero-order valence-corrected chi connectivity index (χ0v) is 18.4. The van der Waals surface area contributed by atoms with Crippen LogP contribution in [0.5, 0.6) is 0 Å². The topological polar surface area (TPSA) is 70.2 Å². The maximum Gasteiger partial charge on any atom is 0.410 e. The summed E-state index contributed by atoms with van der Waals surface area (Å²) < 4.78 is 19.0. The molecule has 0 saturated carbocycles. The molecular formula is C24H26FN3O4. The lowest BCUT2D eigenvalue weighted by molar-refractivity contribution is -0.114. The van der Waals surface area contributed by atoms with Crippen molar-refractivity contribution in [3.63, 3.8) is 0 Å². The second-order valence-electron chi connectivity index (χ2n) is 8.98. The van der Waals surface area contributed by atoms with Crippen molar-refractivity contribution < 1.29 is 23.5 Å². The Hall–Kier alpha value is -3.42. The average molecular weight is 439 g/mol. The first-order valence-corrected chi connectivity index (χ1v) is 10.6. The van der Waals surface area contributed by atoms with Gasteiger partial charge in [-0.15, -0.1) is 0 Å². The third-order valence-corrected chi connectivity index (χ3v) is 5.48. The Morgan fingerprint density at radius 2 is 1.66 bits per heavy atom. The number of amides is 2. The minimum Gasteiger partial charge on any atom is -0.444 e. The number of hydrogen-bond donors (Lipinski definition) is 0. The summed E-state index contributed by atoms with van der Waals surface area (Å²) in [5, 5.41) is 0. The quantitative estimate of drug-likeness (QED) is 0.684. The molecule has 2 aliphatic rings. The van der Waals surface area contributed by atoms with E-state index in [1.54, 1.807) is 29.2 Å². The first kappa shape index (κ1) is 21.8. The fourth-order valence-electron chi connectivity index (χ4n) is 4.02. The second-order valence-corrected chi connectivity index (χ2v) is 8.98. The number of benzene rings is 2. The molecule has 2 aromatic carbocycles. The van der Waals surface area contributed by atoms with Crippen molar-refractivity contribution >= 4 is 29.2 Å². The van der Waals surface area contributed by atoms with Gasteiger partial charge in [-0.25, -0.2) is 9.18 Å². The molecule has 2 heterocycles. The van der Waals surface area contributed by atoms with E-state index in [2.05, 4.69) is 0 Å². The SMILES string of the molecule is CC(C)(C)OC(=O)N1CCN(c2cccc3c2C(=O)C(=O)N3Cc2cccc(F)c2)CC1. The van der Waals surface area contributed by atoms with E-state index in [-0.39, 0.29) is 12.6 Å². The van der Waals surface area contributed by atoms with Gasteiger partial charge >= 0.3 is 6.09 Å².